The van der Waals surface area contributed by atoms with Gasteiger partial charge in [-0.1, -0.05) is 13.8 Å². The monoisotopic (exact) mass is 256 g/mol. The first-order valence-electron chi connectivity index (χ1n) is 7.50. The molecule has 0 aliphatic carbocycles. The summed E-state index contributed by atoms with van der Waals surface area (Å²) in [5.74, 6) is 0. The molecule has 0 unspecified atom stereocenters. The standard InChI is InChI=1S/C14H32N4/c1-5-16(4)14-12-18(13-14)10-7-9-17(6-2)11-8-15-3/h14-15H,5-13H2,1-4H3. The van der Waals surface area contributed by atoms with Crippen LogP contribution in [0.25, 0.3) is 0 Å². The lowest BCUT2D eigenvalue weighted by Gasteiger charge is -2.44. The largest absolute Gasteiger partial charge is 0.318 e. The SMILES string of the molecule is CCN(CCCN1CC(N(C)CC)C1)CCNC. The van der Waals surface area contributed by atoms with Crippen molar-refractivity contribution in [3.05, 3.63) is 0 Å². The summed E-state index contributed by atoms with van der Waals surface area (Å²) in [6, 6.07) is 0.807. The molecule has 0 aromatic rings. The average Bonchev–Trinajstić information content (AvgIpc) is 2.34. The van der Waals surface area contributed by atoms with Gasteiger partial charge in [-0.3, -0.25) is 0 Å². The van der Waals surface area contributed by atoms with Crippen LogP contribution in [0.3, 0.4) is 0 Å². The van der Waals surface area contributed by atoms with Crippen LogP contribution < -0.4 is 5.32 Å². The van der Waals surface area contributed by atoms with Gasteiger partial charge in [0.05, 0.1) is 0 Å². The van der Waals surface area contributed by atoms with Crippen LogP contribution in [-0.4, -0.2) is 87.2 Å². The van der Waals surface area contributed by atoms with E-state index >= 15 is 0 Å². The Morgan fingerprint density at radius 3 is 2.44 bits per heavy atom. The van der Waals surface area contributed by atoms with Crippen molar-refractivity contribution in [1.29, 1.82) is 0 Å². The van der Waals surface area contributed by atoms with E-state index in [1.807, 2.05) is 7.05 Å². The van der Waals surface area contributed by atoms with E-state index in [2.05, 4.69) is 40.9 Å². The molecule has 0 aromatic heterocycles. The second-order valence-corrected chi connectivity index (χ2v) is 5.38. The molecular weight excluding hydrogens is 224 g/mol. The van der Waals surface area contributed by atoms with E-state index in [9.17, 15) is 0 Å². The summed E-state index contributed by atoms with van der Waals surface area (Å²) in [5, 5.41) is 3.22. The van der Waals surface area contributed by atoms with E-state index in [1.54, 1.807) is 0 Å². The molecule has 108 valence electrons. The molecule has 4 heteroatoms. The number of nitrogens with one attached hydrogen (secondary N) is 1. The van der Waals surface area contributed by atoms with Crippen LogP contribution in [0.15, 0.2) is 0 Å². The van der Waals surface area contributed by atoms with Crippen molar-refractivity contribution in [3.8, 4) is 0 Å². The molecule has 0 spiro atoms. The first kappa shape index (κ1) is 15.9. The molecule has 0 amide bonds. The number of rotatable bonds is 10. The normalized spacial score (nSPS) is 17.7. The Bertz CT molecular complexity index is 204. The van der Waals surface area contributed by atoms with Crippen LogP contribution in [-0.2, 0) is 0 Å². The Morgan fingerprint density at radius 2 is 1.89 bits per heavy atom. The topological polar surface area (TPSA) is 21.8 Å². The summed E-state index contributed by atoms with van der Waals surface area (Å²) >= 11 is 0. The first-order chi connectivity index (χ1) is 8.71. The van der Waals surface area contributed by atoms with Gasteiger partial charge >= 0.3 is 0 Å². The van der Waals surface area contributed by atoms with Crippen LogP contribution in [0.2, 0.25) is 0 Å². The molecule has 0 aromatic carbocycles. The third-order valence-corrected chi connectivity index (χ3v) is 4.13. The minimum atomic E-state index is 0.807. The molecule has 1 rings (SSSR count). The van der Waals surface area contributed by atoms with Crippen molar-refractivity contribution in [3.63, 3.8) is 0 Å². The van der Waals surface area contributed by atoms with Crippen molar-refractivity contribution in [2.45, 2.75) is 26.3 Å². The quantitative estimate of drug-likeness (QED) is 0.616. The predicted octanol–water partition coefficient (Wildman–Crippen LogP) is 0.554. The summed E-state index contributed by atoms with van der Waals surface area (Å²) in [6.45, 7) is 14.2. The highest BCUT2D eigenvalue weighted by molar-refractivity contribution is 4.86. The number of nitrogens with zero attached hydrogens (tertiary/aromatic N) is 3. The molecular formula is C14H32N4. The summed E-state index contributed by atoms with van der Waals surface area (Å²) in [5.41, 5.74) is 0. The van der Waals surface area contributed by atoms with Gasteiger partial charge < -0.3 is 20.0 Å². The Morgan fingerprint density at radius 1 is 1.17 bits per heavy atom. The number of likely N-dealkylation sites (tertiary alicyclic amines) is 1. The fraction of sp³-hybridized carbons (Fsp3) is 1.00. The van der Waals surface area contributed by atoms with Gasteiger partial charge in [0.2, 0.25) is 0 Å². The Labute approximate surface area is 113 Å². The van der Waals surface area contributed by atoms with E-state index in [4.69, 9.17) is 0 Å². The molecule has 0 radical (unpaired) electrons. The first-order valence-corrected chi connectivity index (χ1v) is 7.50. The van der Waals surface area contributed by atoms with Crippen LogP contribution >= 0.6 is 0 Å². The predicted molar refractivity (Wildman–Crippen MR) is 79.2 cm³/mol. The summed E-state index contributed by atoms with van der Waals surface area (Å²) < 4.78 is 0. The van der Waals surface area contributed by atoms with E-state index in [0.29, 0.717) is 0 Å². The lowest BCUT2D eigenvalue weighted by Crippen LogP contribution is -2.58. The van der Waals surface area contributed by atoms with Gasteiger partial charge in [0.25, 0.3) is 0 Å². The zero-order valence-electron chi connectivity index (χ0n) is 12.8. The third-order valence-electron chi connectivity index (χ3n) is 4.13. The second kappa shape index (κ2) is 8.86. The number of hydrogen-bond donors (Lipinski definition) is 1. The molecule has 4 nitrogen and oxygen atoms in total. The molecule has 1 fully saturated rings. The molecule has 18 heavy (non-hydrogen) atoms. The maximum absolute atomic E-state index is 3.22. The van der Waals surface area contributed by atoms with Gasteiger partial charge in [0.15, 0.2) is 0 Å². The zero-order valence-corrected chi connectivity index (χ0v) is 12.8. The lowest BCUT2D eigenvalue weighted by atomic mass is 10.1. The van der Waals surface area contributed by atoms with E-state index in [-0.39, 0.29) is 0 Å². The molecule has 0 atom stereocenters. The Kier molecular flexibility index (Phi) is 7.82. The van der Waals surface area contributed by atoms with Crippen molar-refractivity contribution in [2.75, 3.05) is 66.5 Å². The van der Waals surface area contributed by atoms with Crippen LogP contribution in [0.4, 0.5) is 0 Å². The number of hydrogen-bond acceptors (Lipinski definition) is 4. The van der Waals surface area contributed by atoms with Gasteiger partial charge in [0, 0.05) is 32.2 Å². The van der Waals surface area contributed by atoms with Gasteiger partial charge in [0.1, 0.15) is 0 Å². The summed E-state index contributed by atoms with van der Waals surface area (Å²) in [4.78, 5) is 7.58. The number of likely N-dealkylation sites (N-methyl/N-ethyl adjacent to an activating group) is 3. The molecule has 1 aliphatic rings. The zero-order chi connectivity index (χ0) is 13.4. The van der Waals surface area contributed by atoms with E-state index < -0.39 is 0 Å². The van der Waals surface area contributed by atoms with Crippen molar-refractivity contribution >= 4 is 0 Å². The van der Waals surface area contributed by atoms with Gasteiger partial charge in [-0.2, -0.15) is 0 Å². The average molecular weight is 256 g/mol. The van der Waals surface area contributed by atoms with Crippen molar-refractivity contribution in [2.24, 2.45) is 0 Å². The van der Waals surface area contributed by atoms with E-state index in [1.165, 1.54) is 52.2 Å². The van der Waals surface area contributed by atoms with Gasteiger partial charge in [-0.15, -0.1) is 0 Å². The Hall–Kier alpha value is -0.160. The fourth-order valence-electron chi connectivity index (χ4n) is 2.48. The van der Waals surface area contributed by atoms with Gasteiger partial charge in [-0.05, 0) is 46.7 Å². The maximum atomic E-state index is 3.22. The van der Waals surface area contributed by atoms with Crippen molar-refractivity contribution < 1.29 is 0 Å². The molecule has 1 saturated heterocycles. The maximum Gasteiger partial charge on any atom is 0.0347 e. The van der Waals surface area contributed by atoms with Crippen LogP contribution in [0.1, 0.15) is 20.3 Å². The highest BCUT2D eigenvalue weighted by Crippen LogP contribution is 2.13. The smallest absolute Gasteiger partial charge is 0.0347 e. The molecule has 1 aliphatic heterocycles. The minimum Gasteiger partial charge on any atom is -0.318 e. The van der Waals surface area contributed by atoms with Crippen molar-refractivity contribution in [1.82, 2.24) is 20.0 Å². The molecule has 0 bridgehead atoms. The molecule has 0 saturated carbocycles. The fourth-order valence-corrected chi connectivity index (χ4v) is 2.48. The van der Waals surface area contributed by atoms with Gasteiger partial charge in [-0.25, -0.2) is 0 Å². The summed E-state index contributed by atoms with van der Waals surface area (Å²) in [6.07, 6.45) is 1.31. The second-order valence-electron chi connectivity index (χ2n) is 5.38. The highest BCUT2D eigenvalue weighted by Gasteiger charge is 2.28. The Balaban J connectivity index is 2.02. The van der Waals surface area contributed by atoms with Crippen LogP contribution in [0, 0.1) is 0 Å². The lowest BCUT2D eigenvalue weighted by molar-refractivity contribution is 0.0494. The minimum absolute atomic E-state index is 0.807. The highest BCUT2D eigenvalue weighted by atomic mass is 15.3. The van der Waals surface area contributed by atoms with Crippen LogP contribution in [0.5, 0.6) is 0 Å². The summed E-state index contributed by atoms with van der Waals surface area (Å²) in [7, 11) is 4.26. The molecule has 1 N–H and O–H groups in total. The third kappa shape index (κ3) is 5.22. The van der Waals surface area contributed by atoms with E-state index in [0.717, 1.165) is 12.6 Å². The molecule has 1 heterocycles.